The monoisotopic (exact) mass is 313 g/mol. The highest BCUT2D eigenvalue weighted by Crippen LogP contribution is 2.41. The Hall–Kier alpha value is -1.62. The molecule has 0 aromatic heterocycles. The third kappa shape index (κ3) is 3.18. The molecule has 0 aliphatic heterocycles. The first-order valence-corrected chi connectivity index (χ1v) is 7.37. The molecule has 1 amide bonds. The third-order valence-corrected chi connectivity index (χ3v) is 3.68. The molecule has 6 heteroatoms. The maximum atomic E-state index is 12.8. The molecule has 0 atom stereocenters. The number of alkyl halides is 1. The fourth-order valence-corrected chi connectivity index (χ4v) is 2.53. The van der Waals surface area contributed by atoms with Crippen LogP contribution in [0.4, 0.5) is 0 Å². The van der Waals surface area contributed by atoms with E-state index in [0.29, 0.717) is 35.2 Å². The lowest BCUT2D eigenvalue weighted by atomic mass is 10.1. The molecule has 1 saturated carbocycles. The van der Waals surface area contributed by atoms with Crippen LogP contribution in [0, 0.1) is 0 Å². The zero-order valence-electron chi connectivity index (χ0n) is 12.5. The van der Waals surface area contributed by atoms with E-state index in [2.05, 4.69) is 0 Å². The Morgan fingerprint density at radius 3 is 2.33 bits per heavy atom. The van der Waals surface area contributed by atoms with Gasteiger partial charge < -0.3 is 19.1 Å². The van der Waals surface area contributed by atoms with E-state index in [1.54, 1.807) is 24.1 Å². The number of benzene rings is 1. The van der Waals surface area contributed by atoms with Gasteiger partial charge in [-0.05, 0) is 25.0 Å². The van der Waals surface area contributed by atoms with Crippen molar-refractivity contribution in [2.75, 3.05) is 33.8 Å². The second kappa shape index (κ2) is 6.89. The van der Waals surface area contributed by atoms with Gasteiger partial charge in [0.2, 0.25) is 5.75 Å². The molecule has 0 radical (unpaired) electrons. The average molecular weight is 314 g/mol. The summed E-state index contributed by atoms with van der Waals surface area (Å²) in [5, 5.41) is 0. The van der Waals surface area contributed by atoms with E-state index in [-0.39, 0.29) is 11.9 Å². The Morgan fingerprint density at radius 2 is 1.86 bits per heavy atom. The second-order valence-corrected chi connectivity index (χ2v) is 5.18. The van der Waals surface area contributed by atoms with Gasteiger partial charge in [0.15, 0.2) is 11.5 Å². The Labute approximate surface area is 129 Å². The summed E-state index contributed by atoms with van der Waals surface area (Å²) < 4.78 is 15.9. The Balaban J connectivity index is 2.39. The first kappa shape index (κ1) is 15.8. The summed E-state index contributed by atoms with van der Waals surface area (Å²) in [5.74, 6) is 1.67. The lowest BCUT2D eigenvalue weighted by molar-refractivity contribution is 0.0749. The van der Waals surface area contributed by atoms with Gasteiger partial charge in [-0.25, -0.2) is 0 Å². The minimum atomic E-state index is -0.0871. The van der Waals surface area contributed by atoms with Crippen molar-refractivity contribution in [1.82, 2.24) is 4.90 Å². The molecule has 0 unspecified atom stereocenters. The van der Waals surface area contributed by atoms with Crippen LogP contribution in [-0.4, -0.2) is 50.6 Å². The number of hydrogen-bond donors (Lipinski definition) is 0. The number of ether oxygens (including phenoxy) is 3. The molecule has 0 heterocycles. The summed E-state index contributed by atoms with van der Waals surface area (Å²) >= 11 is 5.81. The summed E-state index contributed by atoms with van der Waals surface area (Å²) in [4.78, 5) is 14.6. The zero-order valence-corrected chi connectivity index (χ0v) is 13.3. The van der Waals surface area contributed by atoms with Crippen LogP contribution in [0.15, 0.2) is 12.1 Å². The summed E-state index contributed by atoms with van der Waals surface area (Å²) in [5.41, 5.74) is 0.465. The number of carbonyl (C=O) groups is 1. The number of rotatable bonds is 7. The topological polar surface area (TPSA) is 48.0 Å². The van der Waals surface area contributed by atoms with Crippen LogP contribution in [0.1, 0.15) is 23.2 Å². The van der Waals surface area contributed by atoms with Gasteiger partial charge >= 0.3 is 0 Å². The molecule has 1 aliphatic carbocycles. The van der Waals surface area contributed by atoms with Gasteiger partial charge in [-0.15, -0.1) is 11.6 Å². The molecular formula is C15H20ClNO4. The van der Waals surface area contributed by atoms with Gasteiger partial charge in [-0.3, -0.25) is 4.79 Å². The van der Waals surface area contributed by atoms with E-state index in [1.165, 1.54) is 14.2 Å². The molecule has 1 aliphatic rings. The second-order valence-electron chi connectivity index (χ2n) is 4.80. The van der Waals surface area contributed by atoms with Crippen LogP contribution < -0.4 is 14.2 Å². The molecule has 2 rings (SSSR count). The van der Waals surface area contributed by atoms with Gasteiger partial charge in [-0.2, -0.15) is 0 Å². The number of methoxy groups -OCH3 is 3. The standard InChI is InChI=1S/C15H20ClNO4/c1-19-12-7-6-11(13(20-2)14(12)21-3)15(18)17(9-8-16)10-4-5-10/h6-7,10H,4-5,8-9H2,1-3H3. The average Bonchev–Trinajstić information content (AvgIpc) is 3.34. The molecular weight excluding hydrogens is 294 g/mol. The van der Waals surface area contributed by atoms with Crippen molar-refractivity contribution in [3.63, 3.8) is 0 Å². The van der Waals surface area contributed by atoms with Crippen molar-refractivity contribution in [2.45, 2.75) is 18.9 Å². The molecule has 1 aromatic rings. The fraction of sp³-hybridized carbons (Fsp3) is 0.533. The molecule has 5 nitrogen and oxygen atoms in total. The quantitative estimate of drug-likeness (QED) is 0.726. The van der Waals surface area contributed by atoms with Gasteiger partial charge in [0.1, 0.15) is 0 Å². The summed E-state index contributed by atoms with van der Waals surface area (Å²) in [6, 6.07) is 3.70. The zero-order chi connectivity index (χ0) is 15.4. The normalized spacial score (nSPS) is 13.7. The van der Waals surface area contributed by atoms with Crippen molar-refractivity contribution in [3.8, 4) is 17.2 Å². The highest BCUT2D eigenvalue weighted by molar-refractivity contribution is 6.18. The number of halogens is 1. The van der Waals surface area contributed by atoms with Crippen LogP contribution in [0.2, 0.25) is 0 Å². The SMILES string of the molecule is COc1ccc(C(=O)N(CCCl)C2CC2)c(OC)c1OC. The minimum absolute atomic E-state index is 0.0871. The molecule has 0 bridgehead atoms. The molecule has 0 saturated heterocycles. The first-order valence-electron chi connectivity index (χ1n) is 6.83. The Morgan fingerprint density at radius 1 is 1.19 bits per heavy atom. The van der Waals surface area contributed by atoms with E-state index in [4.69, 9.17) is 25.8 Å². The summed E-state index contributed by atoms with van der Waals surface area (Å²) in [6.07, 6.45) is 2.05. The van der Waals surface area contributed by atoms with Crippen molar-refractivity contribution in [1.29, 1.82) is 0 Å². The van der Waals surface area contributed by atoms with Crippen LogP contribution in [0.3, 0.4) is 0 Å². The van der Waals surface area contributed by atoms with Crippen LogP contribution in [-0.2, 0) is 0 Å². The van der Waals surface area contributed by atoms with Crippen molar-refractivity contribution >= 4 is 17.5 Å². The summed E-state index contributed by atoms with van der Waals surface area (Å²) in [7, 11) is 4.58. The van der Waals surface area contributed by atoms with Crippen LogP contribution >= 0.6 is 11.6 Å². The lowest BCUT2D eigenvalue weighted by Crippen LogP contribution is -2.35. The van der Waals surface area contributed by atoms with Crippen molar-refractivity contribution in [3.05, 3.63) is 17.7 Å². The van der Waals surface area contributed by atoms with Crippen LogP contribution in [0.5, 0.6) is 17.2 Å². The lowest BCUT2D eigenvalue weighted by Gasteiger charge is -2.23. The van der Waals surface area contributed by atoms with E-state index in [1.807, 2.05) is 0 Å². The Bertz CT molecular complexity index is 517. The highest BCUT2D eigenvalue weighted by atomic mass is 35.5. The van der Waals surface area contributed by atoms with Gasteiger partial charge in [0.25, 0.3) is 5.91 Å². The van der Waals surface area contributed by atoms with Gasteiger partial charge in [0, 0.05) is 18.5 Å². The van der Waals surface area contributed by atoms with E-state index in [0.717, 1.165) is 12.8 Å². The van der Waals surface area contributed by atoms with Crippen molar-refractivity contribution < 1.29 is 19.0 Å². The fourth-order valence-electron chi connectivity index (χ4n) is 2.35. The molecule has 1 fully saturated rings. The molecule has 21 heavy (non-hydrogen) atoms. The predicted octanol–water partition coefficient (Wildman–Crippen LogP) is 2.56. The first-order chi connectivity index (χ1) is 10.2. The number of hydrogen-bond acceptors (Lipinski definition) is 4. The van der Waals surface area contributed by atoms with E-state index < -0.39 is 0 Å². The highest BCUT2D eigenvalue weighted by Gasteiger charge is 2.34. The predicted molar refractivity (Wildman–Crippen MR) is 80.9 cm³/mol. The third-order valence-electron chi connectivity index (χ3n) is 3.51. The Kier molecular flexibility index (Phi) is 5.17. The van der Waals surface area contributed by atoms with Gasteiger partial charge in [0.05, 0.1) is 26.9 Å². The number of carbonyl (C=O) groups excluding carboxylic acids is 1. The minimum Gasteiger partial charge on any atom is -0.493 e. The van der Waals surface area contributed by atoms with Crippen molar-refractivity contribution in [2.24, 2.45) is 0 Å². The smallest absolute Gasteiger partial charge is 0.258 e. The maximum Gasteiger partial charge on any atom is 0.258 e. The van der Waals surface area contributed by atoms with E-state index in [9.17, 15) is 4.79 Å². The molecule has 0 spiro atoms. The largest absolute Gasteiger partial charge is 0.493 e. The number of amides is 1. The molecule has 116 valence electrons. The maximum absolute atomic E-state index is 12.8. The van der Waals surface area contributed by atoms with Crippen LogP contribution in [0.25, 0.3) is 0 Å². The van der Waals surface area contributed by atoms with Gasteiger partial charge in [-0.1, -0.05) is 0 Å². The summed E-state index contributed by atoms with van der Waals surface area (Å²) in [6.45, 7) is 0.530. The van der Waals surface area contributed by atoms with E-state index >= 15 is 0 Å². The molecule has 1 aromatic carbocycles. The number of nitrogens with zero attached hydrogens (tertiary/aromatic N) is 1. The molecule has 0 N–H and O–H groups in total.